The molecule has 3 heterocycles. The summed E-state index contributed by atoms with van der Waals surface area (Å²) in [7, 11) is 0. The second kappa shape index (κ2) is 8.50. The fraction of sp³-hybridized carbons (Fsp3) is 0.867. The fourth-order valence-corrected chi connectivity index (χ4v) is 3.50. The molecule has 2 atom stereocenters. The standard InChI is InChI=1S/C15H26N6O3/c22-11-14-10-20(9-13(14)8-19-4-6-24-7-5-19)15(23)2-1-3-21-12-16-17-18-21/h12-14,22H,1-11H2/t13-,14-/m1/s1. The molecule has 0 bridgehead atoms. The van der Waals surface area contributed by atoms with Crippen LogP contribution in [0.2, 0.25) is 0 Å². The van der Waals surface area contributed by atoms with Crippen LogP contribution in [0.4, 0.5) is 0 Å². The minimum atomic E-state index is 0.142. The first-order chi connectivity index (χ1) is 11.8. The third-order valence-electron chi connectivity index (χ3n) is 4.93. The van der Waals surface area contributed by atoms with Gasteiger partial charge in [-0.3, -0.25) is 9.69 Å². The van der Waals surface area contributed by atoms with E-state index in [9.17, 15) is 9.90 Å². The number of likely N-dealkylation sites (tertiary alicyclic amines) is 1. The van der Waals surface area contributed by atoms with Crippen LogP contribution in [0.3, 0.4) is 0 Å². The lowest BCUT2D eigenvalue weighted by molar-refractivity contribution is -0.130. The van der Waals surface area contributed by atoms with Crippen LogP contribution in [0, 0.1) is 11.8 Å². The van der Waals surface area contributed by atoms with Crippen molar-refractivity contribution in [1.29, 1.82) is 0 Å². The molecule has 0 aromatic carbocycles. The van der Waals surface area contributed by atoms with E-state index in [2.05, 4.69) is 20.4 Å². The molecule has 134 valence electrons. The van der Waals surface area contributed by atoms with Gasteiger partial charge in [-0.05, 0) is 22.8 Å². The molecule has 9 heteroatoms. The zero-order valence-electron chi connectivity index (χ0n) is 14.0. The van der Waals surface area contributed by atoms with Gasteiger partial charge in [0.1, 0.15) is 6.33 Å². The second-order valence-electron chi connectivity index (χ2n) is 6.59. The summed E-state index contributed by atoms with van der Waals surface area (Å²) in [6, 6.07) is 0. The molecule has 24 heavy (non-hydrogen) atoms. The van der Waals surface area contributed by atoms with Gasteiger partial charge in [-0.25, -0.2) is 4.68 Å². The topological polar surface area (TPSA) is 96.6 Å². The van der Waals surface area contributed by atoms with Gasteiger partial charge >= 0.3 is 0 Å². The van der Waals surface area contributed by atoms with Crippen molar-refractivity contribution in [2.45, 2.75) is 19.4 Å². The monoisotopic (exact) mass is 338 g/mol. The molecule has 2 aliphatic rings. The van der Waals surface area contributed by atoms with Gasteiger partial charge in [0.25, 0.3) is 0 Å². The van der Waals surface area contributed by atoms with Crippen molar-refractivity contribution in [3.05, 3.63) is 6.33 Å². The predicted octanol–water partition coefficient (Wildman–Crippen LogP) is -1.15. The Morgan fingerprint density at radius 1 is 1.25 bits per heavy atom. The summed E-state index contributed by atoms with van der Waals surface area (Å²) in [6.45, 7) is 6.55. The Hall–Kier alpha value is -1.58. The van der Waals surface area contributed by atoms with Crippen LogP contribution >= 0.6 is 0 Å². The van der Waals surface area contributed by atoms with Gasteiger partial charge in [-0.2, -0.15) is 0 Å². The average Bonchev–Trinajstić information content (AvgIpc) is 3.25. The van der Waals surface area contributed by atoms with Crippen molar-refractivity contribution < 1.29 is 14.6 Å². The molecule has 1 N–H and O–H groups in total. The summed E-state index contributed by atoms with van der Waals surface area (Å²) in [5.41, 5.74) is 0. The van der Waals surface area contributed by atoms with Crippen molar-refractivity contribution in [1.82, 2.24) is 30.0 Å². The van der Waals surface area contributed by atoms with E-state index in [1.807, 2.05) is 4.90 Å². The van der Waals surface area contributed by atoms with Crippen LogP contribution in [0.5, 0.6) is 0 Å². The lowest BCUT2D eigenvalue weighted by Gasteiger charge is -2.30. The summed E-state index contributed by atoms with van der Waals surface area (Å²) in [4.78, 5) is 16.7. The smallest absolute Gasteiger partial charge is 0.222 e. The Kier molecular flexibility index (Phi) is 6.11. The molecule has 0 radical (unpaired) electrons. The summed E-state index contributed by atoms with van der Waals surface area (Å²) in [5.74, 6) is 0.680. The SMILES string of the molecule is O=C(CCCn1cnnn1)N1C[C@@H](CN2CCOCC2)[C@@H](CO)C1. The molecule has 2 aliphatic heterocycles. The molecular weight excluding hydrogens is 312 g/mol. The largest absolute Gasteiger partial charge is 0.396 e. The van der Waals surface area contributed by atoms with E-state index >= 15 is 0 Å². The van der Waals surface area contributed by atoms with Gasteiger partial charge in [-0.1, -0.05) is 0 Å². The van der Waals surface area contributed by atoms with Crippen molar-refractivity contribution in [3.63, 3.8) is 0 Å². The van der Waals surface area contributed by atoms with Crippen molar-refractivity contribution in [3.8, 4) is 0 Å². The molecule has 0 aliphatic carbocycles. The Morgan fingerprint density at radius 3 is 2.75 bits per heavy atom. The van der Waals surface area contributed by atoms with Crippen LogP contribution in [0.15, 0.2) is 6.33 Å². The third kappa shape index (κ3) is 4.49. The van der Waals surface area contributed by atoms with E-state index in [1.165, 1.54) is 0 Å². The number of morpholine rings is 1. The molecule has 3 rings (SSSR count). The highest BCUT2D eigenvalue weighted by atomic mass is 16.5. The highest BCUT2D eigenvalue weighted by molar-refractivity contribution is 5.76. The number of amides is 1. The number of aryl methyl sites for hydroxylation is 1. The normalized spacial score (nSPS) is 25.3. The van der Waals surface area contributed by atoms with E-state index in [-0.39, 0.29) is 18.4 Å². The molecule has 0 saturated carbocycles. The first kappa shape index (κ1) is 17.2. The van der Waals surface area contributed by atoms with E-state index in [0.29, 0.717) is 25.4 Å². The number of rotatable bonds is 7. The summed E-state index contributed by atoms with van der Waals surface area (Å²) >= 11 is 0. The van der Waals surface area contributed by atoms with Crippen LogP contribution in [-0.4, -0.2) is 93.6 Å². The predicted molar refractivity (Wildman–Crippen MR) is 85.0 cm³/mol. The molecule has 0 unspecified atom stereocenters. The first-order valence-corrected chi connectivity index (χ1v) is 8.65. The number of hydrogen-bond acceptors (Lipinski definition) is 7. The van der Waals surface area contributed by atoms with E-state index in [1.54, 1.807) is 11.0 Å². The first-order valence-electron chi connectivity index (χ1n) is 8.65. The van der Waals surface area contributed by atoms with Gasteiger partial charge in [0, 0.05) is 58.2 Å². The van der Waals surface area contributed by atoms with E-state index in [0.717, 1.165) is 45.8 Å². The van der Waals surface area contributed by atoms with E-state index in [4.69, 9.17) is 4.74 Å². The van der Waals surface area contributed by atoms with Gasteiger partial charge < -0.3 is 14.7 Å². The van der Waals surface area contributed by atoms with Crippen LogP contribution in [0.25, 0.3) is 0 Å². The summed E-state index contributed by atoms with van der Waals surface area (Å²) in [5, 5.41) is 20.6. The van der Waals surface area contributed by atoms with Crippen molar-refractivity contribution in [2.75, 3.05) is 52.5 Å². The molecule has 2 fully saturated rings. The zero-order valence-corrected chi connectivity index (χ0v) is 14.0. The summed E-state index contributed by atoms with van der Waals surface area (Å²) in [6.07, 6.45) is 2.76. The fourth-order valence-electron chi connectivity index (χ4n) is 3.50. The number of carbonyl (C=O) groups is 1. The zero-order chi connectivity index (χ0) is 16.8. The minimum absolute atomic E-state index is 0.142. The maximum atomic E-state index is 12.4. The van der Waals surface area contributed by atoms with Crippen molar-refractivity contribution in [2.24, 2.45) is 11.8 Å². The van der Waals surface area contributed by atoms with Crippen LogP contribution in [-0.2, 0) is 16.1 Å². The molecule has 1 aromatic heterocycles. The van der Waals surface area contributed by atoms with Crippen LogP contribution < -0.4 is 0 Å². The Morgan fingerprint density at radius 2 is 2.04 bits per heavy atom. The van der Waals surface area contributed by atoms with Gasteiger partial charge in [0.05, 0.1) is 13.2 Å². The number of ether oxygens (including phenoxy) is 1. The van der Waals surface area contributed by atoms with Gasteiger partial charge in [-0.15, -0.1) is 5.10 Å². The lowest BCUT2D eigenvalue weighted by Crippen LogP contribution is -2.41. The minimum Gasteiger partial charge on any atom is -0.396 e. The van der Waals surface area contributed by atoms with E-state index < -0.39 is 0 Å². The quantitative estimate of drug-likeness (QED) is 0.671. The molecule has 9 nitrogen and oxygen atoms in total. The van der Waals surface area contributed by atoms with Crippen LogP contribution in [0.1, 0.15) is 12.8 Å². The molecule has 1 aromatic rings. The number of nitrogens with zero attached hydrogens (tertiary/aromatic N) is 6. The maximum Gasteiger partial charge on any atom is 0.222 e. The highest BCUT2D eigenvalue weighted by Crippen LogP contribution is 2.25. The molecule has 1 amide bonds. The highest BCUT2D eigenvalue weighted by Gasteiger charge is 2.35. The number of tetrazole rings is 1. The molecular formula is C15H26N6O3. The summed E-state index contributed by atoms with van der Waals surface area (Å²) < 4.78 is 7.01. The lowest BCUT2D eigenvalue weighted by atomic mass is 9.96. The van der Waals surface area contributed by atoms with Gasteiger partial charge in [0.2, 0.25) is 5.91 Å². The number of aliphatic hydroxyl groups excluding tert-OH is 1. The second-order valence-corrected chi connectivity index (χ2v) is 6.59. The Bertz CT molecular complexity index is 505. The van der Waals surface area contributed by atoms with Crippen molar-refractivity contribution >= 4 is 5.91 Å². The number of aromatic nitrogens is 4. The number of aliphatic hydroxyl groups is 1. The average molecular weight is 338 g/mol. The maximum absolute atomic E-state index is 12.4. The van der Waals surface area contributed by atoms with Gasteiger partial charge in [0.15, 0.2) is 0 Å². The number of carbonyl (C=O) groups excluding carboxylic acids is 1. The third-order valence-corrected chi connectivity index (χ3v) is 4.93. The Balaban J connectivity index is 1.44. The Labute approximate surface area is 141 Å². The molecule has 2 saturated heterocycles. The number of hydrogen-bond donors (Lipinski definition) is 1. The molecule has 0 spiro atoms.